The van der Waals surface area contributed by atoms with E-state index in [4.69, 9.17) is 4.42 Å². The Morgan fingerprint density at radius 1 is 1.44 bits per heavy atom. The van der Waals surface area contributed by atoms with Crippen LogP contribution in [0.15, 0.2) is 22.1 Å². The summed E-state index contributed by atoms with van der Waals surface area (Å²) in [6, 6.07) is 1.72. The molecule has 2 aromatic rings. The van der Waals surface area contributed by atoms with E-state index in [9.17, 15) is 4.79 Å². The van der Waals surface area contributed by atoms with E-state index in [1.165, 1.54) is 0 Å². The second-order valence-corrected chi connectivity index (χ2v) is 6.31. The number of ketones is 1. The Bertz CT molecular complexity index is 560. The van der Waals surface area contributed by atoms with E-state index in [1.54, 1.807) is 30.6 Å². The molecule has 2 aromatic heterocycles. The van der Waals surface area contributed by atoms with E-state index >= 15 is 0 Å². The largest absolute Gasteiger partial charge is 0.469 e. The first-order chi connectivity index (χ1) is 8.38. The summed E-state index contributed by atoms with van der Waals surface area (Å²) in [6.45, 7) is 8.16. The Labute approximate surface area is 111 Å². The minimum Gasteiger partial charge on any atom is -0.469 e. The Morgan fingerprint density at radius 2 is 2.17 bits per heavy atom. The van der Waals surface area contributed by atoms with Crippen LogP contribution in [0.25, 0.3) is 0 Å². The Kier molecular flexibility index (Phi) is 3.39. The van der Waals surface area contributed by atoms with Gasteiger partial charge in [-0.25, -0.2) is 4.98 Å². The summed E-state index contributed by atoms with van der Waals surface area (Å²) >= 11 is 1.55. The van der Waals surface area contributed by atoms with Crippen molar-refractivity contribution >= 4 is 17.1 Å². The third kappa shape index (κ3) is 2.70. The van der Waals surface area contributed by atoms with Crippen molar-refractivity contribution < 1.29 is 9.21 Å². The van der Waals surface area contributed by atoms with Gasteiger partial charge in [-0.2, -0.15) is 0 Å². The van der Waals surface area contributed by atoms with Crippen molar-refractivity contribution in [2.75, 3.05) is 0 Å². The Morgan fingerprint density at radius 3 is 2.67 bits per heavy atom. The van der Waals surface area contributed by atoms with Crippen molar-refractivity contribution in [3.63, 3.8) is 0 Å². The number of furan rings is 1. The van der Waals surface area contributed by atoms with Crippen molar-refractivity contribution in [3.8, 4) is 0 Å². The standard InChI is InChI=1S/C14H17NO2S/c1-9-10(5-6-17-9)11(16)7-13-15-12(8-18-13)14(2,3)4/h5-6,8H,7H2,1-4H3. The van der Waals surface area contributed by atoms with Gasteiger partial charge in [0.05, 0.1) is 23.9 Å². The van der Waals surface area contributed by atoms with Crippen molar-refractivity contribution in [1.29, 1.82) is 0 Å². The van der Waals surface area contributed by atoms with Crippen molar-refractivity contribution in [2.45, 2.75) is 39.5 Å². The number of hydrogen-bond acceptors (Lipinski definition) is 4. The van der Waals surface area contributed by atoms with Crippen LogP contribution < -0.4 is 0 Å². The van der Waals surface area contributed by atoms with Gasteiger partial charge >= 0.3 is 0 Å². The number of aryl methyl sites for hydroxylation is 1. The minimum atomic E-state index is 0.0311. The van der Waals surface area contributed by atoms with Gasteiger partial charge in [-0.15, -0.1) is 11.3 Å². The van der Waals surface area contributed by atoms with Crippen LogP contribution in [0.3, 0.4) is 0 Å². The molecule has 0 aliphatic rings. The molecule has 0 saturated carbocycles. The molecular weight excluding hydrogens is 246 g/mol. The zero-order valence-electron chi connectivity index (χ0n) is 11.1. The average Bonchev–Trinajstić information content (AvgIpc) is 2.85. The van der Waals surface area contributed by atoms with Gasteiger partial charge in [-0.05, 0) is 13.0 Å². The first-order valence-electron chi connectivity index (χ1n) is 5.90. The Balaban J connectivity index is 2.13. The van der Waals surface area contributed by atoms with E-state index in [1.807, 2.05) is 5.38 Å². The lowest BCUT2D eigenvalue weighted by molar-refractivity contribution is 0.0991. The van der Waals surface area contributed by atoms with Crippen molar-refractivity contribution in [2.24, 2.45) is 0 Å². The number of carbonyl (C=O) groups is 1. The molecule has 2 heterocycles. The zero-order chi connectivity index (χ0) is 13.3. The molecule has 96 valence electrons. The number of nitrogens with zero attached hydrogens (tertiary/aromatic N) is 1. The molecule has 0 saturated heterocycles. The first-order valence-corrected chi connectivity index (χ1v) is 6.78. The molecule has 0 radical (unpaired) electrons. The average molecular weight is 263 g/mol. The molecule has 0 aromatic carbocycles. The summed E-state index contributed by atoms with van der Waals surface area (Å²) in [7, 11) is 0. The summed E-state index contributed by atoms with van der Waals surface area (Å²) in [6.07, 6.45) is 1.89. The lowest BCUT2D eigenvalue weighted by Gasteiger charge is -2.14. The molecule has 0 spiro atoms. The van der Waals surface area contributed by atoms with Crippen LogP contribution in [0.1, 0.15) is 47.6 Å². The SMILES string of the molecule is Cc1occc1C(=O)Cc1nc(C(C)(C)C)cs1. The topological polar surface area (TPSA) is 43.1 Å². The first kappa shape index (κ1) is 13.0. The highest BCUT2D eigenvalue weighted by atomic mass is 32.1. The van der Waals surface area contributed by atoms with Gasteiger partial charge < -0.3 is 4.42 Å². The van der Waals surface area contributed by atoms with Gasteiger partial charge in [0.2, 0.25) is 0 Å². The van der Waals surface area contributed by atoms with E-state index in [-0.39, 0.29) is 11.2 Å². The van der Waals surface area contributed by atoms with Crippen LogP contribution in [-0.4, -0.2) is 10.8 Å². The van der Waals surface area contributed by atoms with E-state index in [0.717, 1.165) is 10.7 Å². The molecule has 0 aliphatic carbocycles. The van der Waals surface area contributed by atoms with Gasteiger partial charge in [0.25, 0.3) is 0 Å². The van der Waals surface area contributed by atoms with Gasteiger partial charge in [0.1, 0.15) is 10.8 Å². The lowest BCUT2D eigenvalue weighted by Crippen LogP contribution is -2.12. The quantitative estimate of drug-likeness (QED) is 0.792. The molecule has 4 heteroatoms. The van der Waals surface area contributed by atoms with E-state index in [0.29, 0.717) is 17.7 Å². The number of rotatable bonds is 3. The van der Waals surface area contributed by atoms with E-state index in [2.05, 4.69) is 25.8 Å². The summed E-state index contributed by atoms with van der Waals surface area (Å²) in [5.74, 6) is 0.740. The zero-order valence-corrected chi connectivity index (χ0v) is 11.9. The maximum atomic E-state index is 12.1. The molecule has 0 aliphatic heterocycles. The smallest absolute Gasteiger partial charge is 0.173 e. The fraction of sp³-hybridized carbons (Fsp3) is 0.429. The number of thiazole rings is 1. The third-order valence-electron chi connectivity index (χ3n) is 2.79. The predicted octanol–water partition coefficient (Wildman–Crippen LogP) is 3.77. The molecule has 0 amide bonds. The lowest BCUT2D eigenvalue weighted by atomic mass is 9.93. The monoisotopic (exact) mass is 263 g/mol. The molecule has 2 rings (SSSR count). The van der Waals surface area contributed by atoms with Crippen LogP contribution in [0.4, 0.5) is 0 Å². The van der Waals surface area contributed by atoms with Crippen molar-refractivity contribution in [1.82, 2.24) is 4.98 Å². The number of hydrogen-bond donors (Lipinski definition) is 0. The summed E-state index contributed by atoms with van der Waals surface area (Å²) in [4.78, 5) is 16.6. The minimum absolute atomic E-state index is 0.0311. The van der Waals surface area contributed by atoms with Gasteiger partial charge in [0.15, 0.2) is 5.78 Å². The van der Waals surface area contributed by atoms with Crippen LogP contribution in [-0.2, 0) is 11.8 Å². The van der Waals surface area contributed by atoms with Crippen LogP contribution in [0.5, 0.6) is 0 Å². The fourth-order valence-electron chi connectivity index (χ4n) is 1.64. The summed E-state index contributed by atoms with van der Waals surface area (Å²) in [5.41, 5.74) is 1.73. The van der Waals surface area contributed by atoms with Gasteiger partial charge in [0, 0.05) is 10.8 Å². The molecule has 0 atom stereocenters. The molecule has 0 bridgehead atoms. The Hall–Kier alpha value is -1.42. The van der Waals surface area contributed by atoms with E-state index < -0.39 is 0 Å². The normalized spacial score (nSPS) is 11.8. The fourth-order valence-corrected chi connectivity index (χ4v) is 2.66. The molecule has 0 fully saturated rings. The second-order valence-electron chi connectivity index (χ2n) is 5.37. The molecule has 0 N–H and O–H groups in total. The second kappa shape index (κ2) is 4.69. The molecule has 0 unspecified atom stereocenters. The molecule has 18 heavy (non-hydrogen) atoms. The van der Waals surface area contributed by atoms with Crippen LogP contribution in [0, 0.1) is 6.92 Å². The van der Waals surface area contributed by atoms with Crippen LogP contribution >= 0.6 is 11.3 Å². The third-order valence-corrected chi connectivity index (χ3v) is 3.64. The van der Waals surface area contributed by atoms with Crippen LogP contribution in [0.2, 0.25) is 0 Å². The summed E-state index contributed by atoms with van der Waals surface area (Å²) < 4.78 is 5.14. The molecular formula is C14H17NO2S. The van der Waals surface area contributed by atoms with Gasteiger partial charge in [-0.3, -0.25) is 4.79 Å². The molecule has 3 nitrogen and oxygen atoms in total. The highest BCUT2D eigenvalue weighted by Crippen LogP contribution is 2.24. The number of carbonyl (C=O) groups excluding carboxylic acids is 1. The highest BCUT2D eigenvalue weighted by Gasteiger charge is 2.19. The number of aromatic nitrogens is 1. The van der Waals surface area contributed by atoms with Crippen molar-refractivity contribution in [3.05, 3.63) is 39.7 Å². The maximum absolute atomic E-state index is 12.1. The highest BCUT2D eigenvalue weighted by molar-refractivity contribution is 7.09. The predicted molar refractivity (Wildman–Crippen MR) is 72.3 cm³/mol. The summed E-state index contributed by atoms with van der Waals surface area (Å²) in [5, 5.41) is 2.90. The number of Topliss-reactive ketones (excluding diaryl/α,β-unsaturated/α-hetero) is 1. The van der Waals surface area contributed by atoms with Gasteiger partial charge in [-0.1, -0.05) is 20.8 Å². The maximum Gasteiger partial charge on any atom is 0.173 e.